The fourth-order valence-electron chi connectivity index (χ4n) is 5.45. The van der Waals surface area contributed by atoms with Gasteiger partial charge in [0.2, 0.25) is 0 Å². The Balaban J connectivity index is 0.00000259. The van der Waals surface area contributed by atoms with Crippen molar-refractivity contribution in [3.05, 3.63) is 94.5 Å². The van der Waals surface area contributed by atoms with Crippen LogP contribution in [0.4, 0.5) is 0 Å². The van der Waals surface area contributed by atoms with Gasteiger partial charge in [0.25, 0.3) is 0 Å². The van der Waals surface area contributed by atoms with Gasteiger partial charge < -0.3 is 22.0 Å². The largest absolute Gasteiger partial charge is 1.00 e. The molecule has 0 amide bonds. The minimum absolute atomic E-state index is 0. The maximum Gasteiger partial charge on any atom is 0.141 e. The number of benzene rings is 3. The van der Waals surface area contributed by atoms with E-state index in [2.05, 4.69) is 36.1 Å². The van der Waals surface area contributed by atoms with Crippen molar-refractivity contribution in [2.24, 2.45) is 0 Å². The standard InChI is InChI=1S/C29H29ClNO.ClH/c30-28-17-7-2-12-23(28)22-31(19-9-1-10-20-31)21-11-8-18-29(32)26-15-5-3-13-24(26)25-14-4-6-16-27(25)29;/h2-7,12-17,32H,1,9-10,18-22H2;1H/q+1;/p-1. The van der Waals surface area contributed by atoms with Crippen LogP contribution in [-0.4, -0.2) is 29.2 Å². The van der Waals surface area contributed by atoms with Crippen LogP contribution < -0.4 is 12.4 Å². The van der Waals surface area contributed by atoms with Crippen molar-refractivity contribution >= 4 is 11.6 Å². The van der Waals surface area contributed by atoms with Gasteiger partial charge >= 0.3 is 0 Å². The Morgan fingerprint density at radius 1 is 0.788 bits per heavy atom. The van der Waals surface area contributed by atoms with Gasteiger partial charge in [-0.3, -0.25) is 0 Å². The molecule has 5 rings (SSSR count). The van der Waals surface area contributed by atoms with Crippen molar-refractivity contribution in [1.29, 1.82) is 0 Å². The van der Waals surface area contributed by atoms with Crippen molar-refractivity contribution < 1.29 is 22.0 Å². The predicted octanol–water partition coefficient (Wildman–Crippen LogP) is 3.15. The lowest BCUT2D eigenvalue weighted by atomic mass is 9.88. The van der Waals surface area contributed by atoms with Crippen LogP contribution >= 0.6 is 11.6 Å². The van der Waals surface area contributed by atoms with E-state index in [1.54, 1.807) is 0 Å². The highest BCUT2D eigenvalue weighted by Gasteiger charge is 2.40. The molecule has 0 radical (unpaired) electrons. The molecule has 1 N–H and O–H groups in total. The van der Waals surface area contributed by atoms with E-state index in [-0.39, 0.29) is 12.4 Å². The summed E-state index contributed by atoms with van der Waals surface area (Å²) in [6.45, 7) is 3.99. The maximum absolute atomic E-state index is 11.7. The van der Waals surface area contributed by atoms with Crippen LogP contribution in [-0.2, 0) is 12.1 Å². The Kier molecular flexibility index (Phi) is 7.17. The lowest BCUT2D eigenvalue weighted by Crippen LogP contribution is -3.00. The maximum atomic E-state index is 11.7. The first kappa shape index (κ1) is 23.9. The van der Waals surface area contributed by atoms with Crippen LogP contribution in [0.3, 0.4) is 0 Å². The highest BCUT2D eigenvalue weighted by molar-refractivity contribution is 6.31. The van der Waals surface area contributed by atoms with Crippen molar-refractivity contribution in [2.75, 3.05) is 19.6 Å². The van der Waals surface area contributed by atoms with Crippen LogP contribution in [0.15, 0.2) is 72.8 Å². The number of rotatable bonds is 4. The van der Waals surface area contributed by atoms with E-state index in [1.165, 1.54) is 24.8 Å². The number of fused-ring (bicyclic) bond motifs is 3. The summed E-state index contributed by atoms with van der Waals surface area (Å²) in [4.78, 5) is 0. The summed E-state index contributed by atoms with van der Waals surface area (Å²) in [6.07, 6.45) is 4.17. The molecule has 170 valence electrons. The second kappa shape index (κ2) is 9.92. The van der Waals surface area contributed by atoms with Gasteiger partial charge in [-0.05, 0) is 53.5 Å². The predicted molar refractivity (Wildman–Crippen MR) is 131 cm³/mol. The molecule has 0 bridgehead atoms. The summed E-state index contributed by atoms with van der Waals surface area (Å²) in [7, 11) is 0. The fraction of sp³-hybridized carbons (Fsp3) is 0.310. The highest BCUT2D eigenvalue weighted by atomic mass is 35.5. The Morgan fingerprint density at radius 3 is 2.00 bits per heavy atom. The summed E-state index contributed by atoms with van der Waals surface area (Å²) in [5.41, 5.74) is 4.32. The zero-order chi connectivity index (χ0) is 22.0. The second-order valence-corrected chi connectivity index (χ2v) is 9.65. The van der Waals surface area contributed by atoms with Gasteiger partial charge in [-0.1, -0.05) is 84.3 Å². The molecule has 0 saturated carbocycles. The first-order valence-electron chi connectivity index (χ1n) is 11.6. The van der Waals surface area contributed by atoms with Crippen molar-refractivity contribution in [3.8, 4) is 23.0 Å². The number of hydrogen-bond donors (Lipinski definition) is 1. The van der Waals surface area contributed by atoms with Crippen LogP contribution in [0.2, 0.25) is 5.02 Å². The monoisotopic (exact) mass is 477 g/mol. The Hall–Kier alpha value is -2.28. The molecule has 33 heavy (non-hydrogen) atoms. The lowest BCUT2D eigenvalue weighted by Gasteiger charge is -2.40. The summed E-state index contributed by atoms with van der Waals surface area (Å²) < 4.78 is 0.961. The molecule has 3 aromatic carbocycles. The minimum Gasteiger partial charge on any atom is -1.00 e. The smallest absolute Gasteiger partial charge is 0.141 e. The van der Waals surface area contributed by atoms with Crippen molar-refractivity contribution in [1.82, 2.24) is 0 Å². The molecular formula is C29H29Cl2NO. The van der Waals surface area contributed by atoms with E-state index in [0.717, 1.165) is 57.9 Å². The number of nitrogens with zero attached hydrogens (tertiary/aromatic N) is 1. The third-order valence-electron chi connectivity index (χ3n) is 7.15. The summed E-state index contributed by atoms with van der Waals surface area (Å²) in [5, 5.41) is 12.6. The SMILES string of the molecule is OC1(CC#CC[N+]2(Cc3ccccc3Cl)CCCCC2)c2ccccc2-c2ccccc21.[Cl-]. The first-order chi connectivity index (χ1) is 15.6. The normalized spacial score (nSPS) is 17.2. The van der Waals surface area contributed by atoms with Crippen LogP contribution in [0.1, 0.15) is 42.4 Å². The molecule has 0 atom stereocenters. The average Bonchev–Trinajstić information content (AvgIpc) is 3.08. The van der Waals surface area contributed by atoms with Gasteiger partial charge in [0.15, 0.2) is 0 Å². The molecule has 1 fully saturated rings. The minimum atomic E-state index is -1.05. The van der Waals surface area contributed by atoms with Crippen molar-refractivity contribution in [2.45, 2.75) is 37.8 Å². The molecule has 0 spiro atoms. The second-order valence-electron chi connectivity index (χ2n) is 9.24. The molecule has 2 aliphatic rings. The van der Waals surface area contributed by atoms with E-state index in [4.69, 9.17) is 11.6 Å². The molecule has 1 heterocycles. The van der Waals surface area contributed by atoms with Gasteiger partial charge in [0.05, 0.1) is 13.1 Å². The van der Waals surface area contributed by atoms with E-state index >= 15 is 0 Å². The van der Waals surface area contributed by atoms with E-state index in [0.29, 0.717) is 6.42 Å². The molecular weight excluding hydrogens is 449 g/mol. The van der Waals surface area contributed by atoms with Gasteiger partial charge in [-0.2, -0.15) is 0 Å². The zero-order valence-electron chi connectivity index (χ0n) is 18.7. The topological polar surface area (TPSA) is 20.2 Å². The van der Waals surface area contributed by atoms with Gasteiger partial charge in [-0.15, -0.1) is 0 Å². The molecule has 0 aromatic heterocycles. The molecule has 1 aliphatic heterocycles. The van der Waals surface area contributed by atoms with E-state index < -0.39 is 5.60 Å². The zero-order valence-corrected chi connectivity index (χ0v) is 20.2. The lowest BCUT2D eigenvalue weighted by molar-refractivity contribution is -0.938. The molecule has 1 aliphatic carbocycles. The highest BCUT2D eigenvalue weighted by Crippen LogP contribution is 2.48. The van der Waals surface area contributed by atoms with E-state index in [1.807, 2.05) is 48.5 Å². The molecule has 1 saturated heterocycles. The molecule has 2 nitrogen and oxygen atoms in total. The third-order valence-corrected chi connectivity index (χ3v) is 7.52. The third kappa shape index (κ3) is 4.57. The van der Waals surface area contributed by atoms with Crippen molar-refractivity contribution in [3.63, 3.8) is 0 Å². The first-order valence-corrected chi connectivity index (χ1v) is 12.0. The van der Waals surface area contributed by atoms with Gasteiger partial charge in [0.1, 0.15) is 18.7 Å². The Labute approximate surface area is 208 Å². The van der Waals surface area contributed by atoms with Gasteiger partial charge in [0, 0.05) is 17.0 Å². The Bertz CT molecular complexity index is 1140. The Morgan fingerprint density at radius 2 is 1.36 bits per heavy atom. The number of aliphatic hydroxyl groups is 1. The molecule has 0 unspecified atom stereocenters. The average molecular weight is 478 g/mol. The summed E-state index contributed by atoms with van der Waals surface area (Å²) in [6, 6.07) is 24.5. The van der Waals surface area contributed by atoms with Crippen LogP contribution in [0.5, 0.6) is 0 Å². The summed E-state index contributed by atoms with van der Waals surface area (Å²) >= 11 is 6.49. The molecule has 3 aromatic rings. The van der Waals surface area contributed by atoms with Gasteiger partial charge in [-0.25, -0.2) is 0 Å². The van der Waals surface area contributed by atoms with E-state index in [9.17, 15) is 5.11 Å². The number of quaternary nitrogens is 1. The number of piperidine rings is 1. The summed E-state index contributed by atoms with van der Waals surface area (Å²) in [5.74, 6) is 6.84. The van der Waals surface area contributed by atoms with Crippen LogP contribution in [0.25, 0.3) is 11.1 Å². The number of likely N-dealkylation sites (tertiary alicyclic amines) is 1. The van der Waals surface area contributed by atoms with Crippen LogP contribution in [0, 0.1) is 11.8 Å². The number of hydrogen-bond acceptors (Lipinski definition) is 1. The quantitative estimate of drug-likeness (QED) is 0.451. The molecule has 4 heteroatoms. The number of halogens is 2. The fourth-order valence-corrected chi connectivity index (χ4v) is 5.65.